The molecule has 78 valence electrons. The van der Waals surface area contributed by atoms with Crippen LogP contribution in [0.25, 0.3) is 0 Å². The zero-order chi connectivity index (χ0) is 10.8. The van der Waals surface area contributed by atoms with Crippen LogP contribution in [-0.2, 0) is 7.05 Å². The first-order valence-electron chi connectivity index (χ1n) is 4.34. The predicted octanol–water partition coefficient (Wildman–Crippen LogP) is 1.90. The second-order valence-corrected chi connectivity index (χ2v) is 3.97. The highest BCUT2D eigenvalue weighted by Gasteiger charge is 2.03. The maximum absolute atomic E-state index is 5.56. The zero-order valence-corrected chi connectivity index (χ0v) is 9.69. The minimum atomic E-state index is 0.382. The highest BCUT2D eigenvalue weighted by Crippen LogP contribution is 2.18. The van der Waals surface area contributed by atoms with Gasteiger partial charge in [-0.25, -0.2) is 4.68 Å². The summed E-state index contributed by atoms with van der Waals surface area (Å²) in [7, 11) is 1.74. The molecule has 6 heteroatoms. The van der Waals surface area contributed by atoms with Crippen molar-refractivity contribution in [1.29, 1.82) is 0 Å². The van der Waals surface area contributed by atoms with Gasteiger partial charge in [-0.2, -0.15) is 4.98 Å². The third-order valence-corrected chi connectivity index (χ3v) is 2.37. The van der Waals surface area contributed by atoms with E-state index in [-0.39, 0.29) is 0 Å². The first kappa shape index (κ1) is 9.97. The molecule has 1 aromatic carbocycles. The standard InChI is InChI=1S/C9H10BrN5/c1-15-8(11)13-9(14-15)12-7-4-2-3-6(10)5-7/h2-5H,1H3,(H3,11,12,13,14). The third-order valence-electron chi connectivity index (χ3n) is 1.88. The molecule has 2 aromatic rings. The summed E-state index contributed by atoms with van der Waals surface area (Å²) in [6, 6.07) is 7.74. The number of aryl methyl sites for hydroxylation is 1. The molecule has 0 fully saturated rings. The van der Waals surface area contributed by atoms with Gasteiger partial charge in [0.1, 0.15) is 0 Å². The molecule has 0 saturated heterocycles. The lowest BCUT2D eigenvalue weighted by molar-refractivity contribution is 0.781. The van der Waals surface area contributed by atoms with Gasteiger partial charge in [0.15, 0.2) is 0 Å². The summed E-state index contributed by atoms with van der Waals surface area (Å²) in [6.07, 6.45) is 0. The molecule has 0 radical (unpaired) electrons. The van der Waals surface area contributed by atoms with Gasteiger partial charge < -0.3 is 11.1 Å². The molecule has 0 spiro atoms. The van der Waals surface area contributed by atoms with E-state index >= 15 is 0 Å². The number of nitrogen functional groups attached to an aromatic ring is 1. The Balaban J connectivity index is 2.22. The minimum absolute atomic E-state index is 0.382. The monoisotopic (exact) mass is 267 g/mol. The number of aromatic nitrogens is 3. The van der Waals surface area contributed by atoms with Crippen LogP contribution < -0.4 is 11.1 Å². The molecule has 5 nitrogen and oxygen atoms in total. The van der Waals surface area contributed by atoms with Gasteiger partial charge >= 0.3 is 0 Å². The Kier molecular flexibility index (Phi) is 2.59. The maximum Gasteiger partial charge on any atom is 0.248 e. The van der Waals surface area contributed by atoms with Crippen LogP contribution in [0.2, 0.25) is 0 Å². The Labute approximate surface area is 95.4 Å². The topological polar surface area (TPSA) is 68.8 Å². The fraction of sp³-hybridized carbons (Fsp3) is 0.111. The average Bonchev–Trinajstić information content (AvgIpc) is 2.45. The number of hydrogen-bond donors (Lipinski definition) is 2. The molecule has 1 aromatic heterocycles. The van der Waals surface area contributed by atoms with E-state index in [1.54, 1.807) is 7.05 Å². The number of halogens is 1. The lowest BCUT2D eigenvalue weighted by atomic mass is 10.3. The quantitative estimate of drug-likeness (QED) is 0.872. The molecule has 15 heavy (non-hydrogen) atoms. The van der Waals surface area contributed by atoms with E-state index in [1.165, 1.54) is 4.68 Å². The SMILES string of the molecule is Cn1nc(Nc2cccc(Br)c2)nc1N. The van der Waals surface area contributed by atoms with Crippen molar-refractivity contribution in [3.8, 4) is 0 Å². The van der Waals surface area contributed by atoms with Gasteiger partial charge in [0.25, 0.3) is 0 Å². The van der Waals surface area contributed by atoms with Crippen LogP contribution in [0.4, 0.5) is 17.6 Å². The molecule has 0 aliphatic carbocycles. The average molecular weight is 268 g/mol. The first-order valence-corrected chi connectivity index (χ1v) is 5.13. The number of nitrogens with zero attached hydrogens (tertiary/aromatic N) is 3. The van der Waals surface area contributed by atoms with E-state index in [0.717, 1.165) is 10.2 Å². The van der Waals surface area contributed by atoms with Crippen LogP contribution in [-0.4, -0.2) is 14.8 Å². The molecule has 0 saturated carbocycles. The van der Waals surface area contributed by atoms with E-state index in [0.29, 0.717) is 11.9 Å². The molecule has 3 N–H and O–H groups in total. The maximum atomic E-state index is 5.56. The van der Waals surface area contributed by atoms with Crippen molar-refractivity contribution in [2.75, 3.05) is 11.1 Å². The summed E-state index contributed by atoms with van der Waals surface area (Å²) in [6.45, 7) is 0. The van der Waals surface area contributed by atoms with E-state index < -0.39 is 0 Å². The second-order valence-electron chi connectivity index (χ2n) is 3.05. The van der Waals surface area contributed by atoms with Crippen molar-refractivity contribution in [3.05, 3.63) is 28.7 Å². The number of hydrogen-bond acceptors (Lipinski definition) is 4. The Hall–Kier alpha value is -1.56. The summed E-state index contributed by atoms with van der Waals surface area (Å²) >= 11 is 3.38. The summed E-state index contributed by atoms with van der Waals surface area (Å²) in [5, 5.41) is 7.14. The van der Waals surface area contributed by atoms with Crippen LogP contribution in [0, 0.1) is 0 Å². The first-order chi connectivity index (χ1) is 7.15. The van der Waals surface area contributed by atoms with Gasteiger partial charge in [-0.3, -0.25) is 0 Å². The summed E-state index contributed by atoms with van der Waals surface area (Å²) < 4.78 is 2.51. The molecule has 0 unspecified atom stereocenters. The summed E-state index contributed by atoms with van der Waals surface area (Å²) in [5.74, 6) is 0.876. The number of anilines is 3. The van der Waals surface area contributed by atoms with Crippen molar-refractivity contribution in [1.82, 2.24) is 14.8 Å². The Morgan fingerprint density at radius 3 is 2.87 bits per heavy atom. The minimum Gasteiger partial charge on any atom is -0.368 e. The van der Waals surface area contributed by atoms with Crippen molar-refractivity contribution < 1.29 is 0 Å². The van der Waals surface area contributed by atoms with Gasteiger partial charge in [0.05, 0.1) is 0 Å². The number of nitrogens with one attached hydrogen (secondary N) is 1. The normalized spacial score (nSPS) is 10.3. The summed E-state index contributed by atoms with van der Waals surface area (Å²) in [5.41, 5.74) is 6.48. The Bertz CT molecular complexity index is 460. The van der Waals surface area contributed by atoms with E-state index in [4.69, 9.17) is 5.73 Å². The number of nitrogens with two attached hydrogens (primary N) is 1. The van der Waals surface area contributed by atoms with E-state index in [1.807, 2.05) is 24.3 Å². The predicted molar refractivity (Wildman–Crippen MR) is 62.8 cm³/mol. The molecular weight excluding hydrogens is 258 g/mol. The van der Waals surface area contributed by atoms with Gasteiger partial charge in [-0.05, 0) is 18.2 Å². The zero-order valence-electron chi connectivity index (χ0n) is 8.11. The van der Waals surface area contributed by atoms with Crippen LogP contribution in [0.3, 0.4) is 0 Å². The highest BCUT2D eigenvalue weighted by atomic mass is 79.9. The largest absolute Gasteiger partial charge is 0.368 e. The Morgan fingerprint density at radius 2 is 2.27 bits per heavy atom. The van der Waals surface area contributed by atoms with Gasteiger partial charge in [0.2, 0.25) is 11.9 Å². The fourth-order valence-corrected chi connectivity index (χ4v) is 1.54. The van der Waals surface area contributed by atoms with Crippen LogP contribution in [0.5, 0.6) is 0 Å². The molecule has 1 heterocycles. The summed E-state index contributed by atoms with van der Waals surface area (Å²) in [4.78, 5) is 4.04. The molecule has 0 atom stereocenters. The molecule has 0 aliphatic heterocycles. The lowest BCUT2D eigenvalue weighted by Gasteiger charge is -2.00. The van der Waals surface area contributed by atoms with E-state index in [9.17, 15) is 0 Å². The van der Waals surface area contributed by atoms with Crippen LogP contribution in [0.1, 0.15) is 0 Å². The molecule has 0 aliphatic rings. The van der Waals surface area contributed by atoms with E-state index in [2.05, 4.69) is 31.3 Å². The van der Waals surface area contributed by atoms with Crippen LogP contribution >= 0.6 is 15.9 Å². The number of rotatable bonds is 2. The second kappa shape index (κ2) is 3.90. The molecular formula is C9H10BrN5. The molecule has 2 rings (SSSR count). The van der Waals surface area contributed by atoms with Gasteiger partial charge in [0, 0.05) is 17.2 Å². The highest BCUT2D eigenvalue weighted by molar-refractivity contribution is 9.10. The van der Waals surface area contributed by atoms with Gasteiger partial charge in [-0.1, -0.05) is 22.0 Å². The lowest BCUT2D eigenvalue weighted by Crippen LogP contribution is -1.97. The van der Waals surface area contributed by atoms with Crippen molar-refractivity contribution in [2.24, 2.45) is 7.05 Å². The van der Waals surface area contributed by atoms with Crippen molar-refractivity contribution in [2.45, 2.75) is 0 Å². The smallest absolute Gasteiger partial charge is 0.248 e. The molecule has 0 amide bonds. The van der Waals surface area contributed by atoms with Crippen molar-refractivity contribution in [3.63, 3.8) is 0 Å². The van der Waals surface area contributed by atoms with Crippen LogP contribution in [0.15, 0.2) is 28.7 Å². The Morgan fingerprint density at radius 1 is 1.47 bits per heavy atom. The van der Waals surface area contributed by atoms with Crippen molar-refractivity contribution >= 4 is 33.5 Å². The molecule has 0 bridgehead atoms. The third kappa shape index (κ3) is 2.27. The van der Waals surface area contributed by atoms with Gasteiger partial charge in [-0.15, -0.1) is 5.10 Å². The number of benzene rings is 1. The fourth-order valence-electron chi connectivity index (χ4n) is 1.14.